The second-order valence-corrected chi connectivity index (χ2v) is 4.26. The van der Waals surface area contributed by atoms with E-state index in [0.29, 0.717) is 18.2 Å². The molecule has 1 unspecified atom stereocenters. The van der Waals surface area contributed by atoms with Crippen LogP contribution in [0.25, 0.3) is 0 Å². The fraction of sp³-hybridized carbons (Fsp3) is 0.500. The SMILES string of the molecule is CC1CNCCN1Cc1cc(F)ccc1F. The van der Waals surface area contributed by atoms with E-state index >= 15 is 0 Å². The molecular formula is C12H16F2N2. The number of nitrogens with one attached hydrogen (secondary N) is 1. The van der Waals surface area contributed by atoms with Crippen molar-refractivity contribution in [3.8, 4) is 0 Å². The molecule has 1 saturated heterocycles. The van der Waals surface area contributed by atoms with Gasteiger partial charge in [0.25, 0.3) is 0 Å². The first-order valence-electron chi connectivity index (χ1n) is 5.55. The quantitative estimate of drug-likeness (QED) is 0.826. The topological polar surface area (TPSA) is 15.3 Å². The van der Waals surface area contributed by atoms with Crippen molar-refractivity contribution in [2.45, 2.75) is 19.5 Å². The van der Waals surface area contributed by atoms with E-state index in [1.54, 1.807) is 0 Å². The van der Waals surface area contributed by atoms with Gasteiger partial charge < -0.3 is 5.32 Å². The van der Waals surface area contributed by atoms with Gasteiger partial charge in [0.05, 0.1) is 0 Å². The summed E-state index contributed by atoms with van der Waals surface area (Å²) in [5.41, 5.74) is 0.439. The van der Waals surface area contributed by atoms with Crippen molar-refractivity contribution in [2.75, 3.05) is 19.6 Å². The lowest BCUT2D eigenvalue weighted by molar-refractivity contribution is 0.163. The molecule has 1 aromatic carbocycles. The van der Waals surface area contributed by atoms with E-state index in [1.165, 1.54) is 12.1 Å². The molecule has 16 heavy (non-hydrogen) atoms. The van der Waals surface area contributed by atoms with E-state index in [0.717, 1.165) is 25.7 Å². The molecule has 0 radical (unpaired) electrons. The van der Waals surface area contributed by atoms with Gasteiger partial charge in [-0.2, -0.15) is 0 Å². The Morgan fingerprint density at radius 2 is 2.25 bits per heavy atom. The van der Waals surface area contributed by atoms with E-state index in [-0.39, 0.29) is 11.6 Å². The van der Waals surface area contributed by atoms with Gasteiger partial charge in [-0.3, -0.25) is 4.90 Å². The molecule has 1 fully saturated rings. The molecule has 0 bridgehead atoms. The van der Waals surface area contributed by atoms with E-state index < -0.39 is 0 Å². The Kier molecular flexibility index (Phi) is 3.51. The number of hydrogen-bond acceptors (Lipinski definition) is 2. The van der Waals surface area contributed by atoms with Crippen LogP contribution in [0.4, 0.5) is 8.78 Å². The summed E-state index contributed by atoms with van der Waals surface area (Å²) in [5.74, 6) is -0.702. The van der Waals surface area contributed by atoms with Gasteiger partial charge in [-0.05, 0) is 25.1 Å². The molecule has 4 heteroatoms. The number of halogens is 2. The largest absolute Gasteiger partial charge is 0.314 e. The fourth-order valence-corrected chi connectivity index (χ4v) is 2.00. The van der Waals surface area contributed by atoms with Gasteiger partial charge >= 0.3 is 0 Å². The Labute approximate surface area is 94.3 Å². The van der Waals surface area contributed by atoms with Crippen LogP contribution in [0.15, 0.2) is 18.2 Å². The third-order valence-electron chi connectivity index (χ3n) is 3.02. The summed E-state index contributed by atoms with van der Waals surface area (Å²) < 4.78 is 26.4. The molecular weight excluding hydrogens is 210 g/mol. The average molecular weight is 226 g/mol. The summed E-state index contributed by atoms with van der Waals surface area (Å²) in [6.07, 6.45) is 0. The van der Waals surface area contributed by atoms with Gasteiger partial charge in [-0.1, -0.05) is 0 Å². The second-order valence-electron chi connectivity index (χ2n) is 4.26. The molecule has 0 aliphatic carbocycles. The standard InChI is InChI=1S/C12H16F2N2/c1-9-7-15-4-5-16(9)8-10-6-11(13)2-3-12(10)14/h2-3,6,9,15H,4-5,7-8H2,1H3. The smallest absolute Gasteiger partial charge is 0.127 e. The molecule has 0 amide bonds. The Morgan fingerprint density at radius 1 is 1.44 bits per heavy atom. The van der Waals surface area contributed by atoms with E-state index in [4.69, 9.17) is 0 Å². The summed E-state index contributed by atoms with van der Waals surface area (Å²) in [6, 6.07) is 3.98. The minimum absolute atomic E-state index is 0.327. The van der Waals surface area contributed by atoms with Crippen molar-refractivity contribution in [3.05, 3.63) is 35.4 Å². The predicted octanol–water partition coefficient (Wildman–Crippen LogP) is 1.76. The zero-order valence-corrected chi connectivity index (χ0v) is 9.34. The number of piperazine rings is 1. The first-order valence-corrected chi connectivity index (χ1v) is 5.55. The fourth-order valence-electron chi connectivity index (χ4n) is 2.00. The van der Waals surface area contributed by atoms with E-state index in [1.807, 2.05) is 0 Å². The Morgan fingerprint density at radius 3 is 3.00 bits per heavy atom. The molecule has 2 nitrogen and oxygen atoms in total. The van der Waals surface area contributed by atoms with Crippen LogP contribution in [0.1, 0.15) is 12.5 Å². The first kappa shape index (κ1) is 11.5. The highest BCUT2D eigenvalue weighted by atomic mass is 19.1. The van der Waals surface area contributed by atoms with Gasteiger partial charge in [0.2, 0.25) is 0 Å². The maximum absolute atomic E-state index is 13.4. The molecule has 0 spiro atoms. The van der Waals surface area contributed by atoms with Crippen molar-refractivity contribution in [3.63, 3.8) is 0 Å². The van der Waals surface area contributed by atoms with Gasteiger partial charge in [0, 0.05) is 37.8 Å². The van der Waals surface area contributed by atoms with Gasteiger partial charge in [0.1, 0.15) is 11.6 Å². The summed E-state index contributed by atoms with van der Waals surface area (Å²) >= 11 is 0. The summed E-state index contributed by atoms with van der Waals surface area (Å²) in [6.45, 7) is 5.24. The zero-order valence-electron chi connectivity index (χ0n) is 9.34. The summed E-state index contributed by atoms with van der Waals surface area (Å²) in [5, 5.41) is 3.27. The molecule has 1 aliphatic rings. The summed E-state index contributed by atoms with van der Waals surface area (Å²) in [4.78, 5) is 2.16. The first-order chi connectivity index (χ1) is 7.66. The Hall–Kier alpha value is -1.00. The molecule has 1 aliphatic heterocycles. The lowest BCUT2D eigenvalue weighted by Crippen LogP contribution is -2.49. The van der Waals surface area contributed by atoms with Crippen molar-refractivity contribution in [1.29, 1.82) is 0 Å². The van der Waals surface area contributed by atoms with Gasteiger partial charge in [0.15, 0.2) is 0 Å². The monoisotopic (exact) mass is 226 g/mol. The molecule has 1 heterocycles. The maximum atomic E-state index is 13.4. The van der Waals surface area contributed by atoms with Crippen LogP contribution in [0.5, 0.6) is 0 Å². The van der Waals surface area contributed by atoms with Crippen molar-refractivity contribution in [2.24, 2.45) is 0 Å². The number of nitrogens with zero attached hydrogens (tertiary/aromatic N) is 1. The number of benzene rings is 1. The van der Waals surface area contributed by atoms with Crippen LogP contribution in [0.3, 0.4) is 0 Å². The predicted molar refractivity (Wildman–Crippen MR) is 59.1 cm³/mol. The number of hydrogen-bond donors (Lipinski definition) is 1. The third kappa shape index (κ3) is 2.57. The summed E-state index contributed by atoms with van der Waals surface area (Å²) in [7, 11) is 0. The molecule has 0 aromatic heterocycles. The highest BCUT2D eigenvalue weighted by molar-refractivity contribution is 5.18. The molecule has 0 saturated carbocycles. The molecule has 1 atom stereocenters. The lowest BCUT2D eigenvalue weighted by Gasteiger charge is -2.33. The number of rotatable bonds is 2. The van der Waals surface area contributed by atoms with Crippen LogP contribution >= 0.6 is 0 Å². The maximum Gasteiger partial charge on any atom is 0.127 e. The van der Waals surface area contributed by atoms with Crippen LogP contribution in [-0.4, -0.2) is 30.6 Å². The Balaban J connectivity index is 2.10. The van der Waals surface area contributed by atoms with Crippen molar-refractivity contribution >= 4 is 0 Å². The molecule has 2 rings (SSSR count). The highest BCUT2D eigenvalue weighted by Crippen LogP contribution is 2.14. The second kappa shape index (κ2) is 4.89. The normalized spacial score (nSPS) is 22.3. The van der Waals surface area contributed by atoms with E-state index in [2.05, 4.69) is 17.1 Å². The Bertz CT molecular complexity index is 368. The van der Waals surface area contributed by atoms with Gasteiger partial charge in [-0.15, -0.1) is 0 Å². The molecule has 1 N–H and O–H groups in total. The van der Waals surface area contributed by atoms with Gasteiger partial charge in [-0.25, -0.2) is 8.78 Å². The van der Waals surface area contributed by atoms with Crippen LogP contribution in [0.2, 0.25) is 0 Å². The zero-order chi connectivity index (χ0) is 11.5. The third-order valence-corrected chi connectivity index (χ3v) is 3.02. The minimum Gasteiger partial charge on any atom is -0.314 e. The van der Waals surface area contributed by atoms with Crippen LogP contribution in [0, 0.1) is 11.6 Å². The molecule has 1 aromatic rings. The highest BCUT2D eigenvalue weighted by Gasteiger charge is 2.19. The molecule has 88 valence electrons. The van der Waals surface area contributed by atoms with Crippen LogP contribution in [-0.2, 0) is 6.54 Å². The lowest BCUT2D eigenvalue weighted by atomic mass is 10.1. The van der Waals surface area contributed by atoms with Crippen molar-refractivity contribution in [1.82, 2.24) is 10.2 Å². The van der Waals surface area contributed by atoms with Crippen LogP contribution < -0.4 is 5.32 Å². The average Bonchev–Trinajstić information content (AvgIpc) is 2.27. The minimum atomic E-state index is -0.376. The van der Waals surface area contributed by atoms with Crippen molar-refractivity contribution < 1.29 is 8.78 Å². The van der Waals surface area contributed by atoms with E-state index in [9.17, 15) is 8.78 Å².